The zero-order chi connectivity index (χ0) is 15.1. The van der Waals surface area contributed by atoms with Gasteiger partial charge in [-0.25, -0.2) is 0 Å². The molecule has 1 aromatic heterocycles. The van der Waals surface area contributed by atoms with Crippen LogP contribution in [0.5, 0.6) is 0 Å². The zero-order valence-corrected chi connectivity index (χ0v) is 13.1. The van der Waals surface area contributed by atoms with Crippen LogP contribution in [0, 0.1) is 0 Å². The summed E-state index contributed by atoms with van der Waals surface area (Å²) in [4.78, 5) is 25.1. The van der Waals surface area contributed by atoms with Gasteiger partial charge in [0.1, 0.15) is 0 Å². The fourth-order valence-electron chi connectivity index (χ4n) is 2.36. The summed E-state index contributed by atoms with van der Waals surface area (Å²) in [6.07, 6.45) is 3.76. The van der Waals surface area contributed by atoms with E-state index in [9.17, 15) is 9.59 Å². The summed E-state index contributed by atoms with van der Waals surface area (Å²) < 4.78 is 2.53. The molecule has 2 heterocycles. The van der Waals surface area contributed by atoms with Crippen LogP contribution < -0.4 is 10.2 Å². The number of Topliss-reactive ketones (excluding diaryl/α,β-unsaturated/α-hetero) is 1. The average molecular weight is 349 g/mol. The number of hydrogen-bond donors (Lipinski definition) is 1. The molecule has 1 aliphatic heterocycles. The first-order valence-electron chi connectivity index (χ1n) is 6.33. The summed E-state index contributed by atoms with van der Waals surface area (Å²) in [6, 6.07) is 3.49. The van der Waals surface area contributed by atoms with Crippen LogP contribution in [0.3, 0.4) is 0 Å². The fraction of sp³-hybridized carbons (Fsp3) is 0.214. The van der Waals surface area contributed by atoms with Gasteiger partial charge in [0, 0.05) is 36.9 Å². The molecule has 21 heavy (non-hydrogen) atoms. The highest BCUT2D eigenvalue weighted by molar-refractivity contribution is 9.10. The second-order valence-corrected chi connectivity index (χ2v) is 5.87. The molecule has 0 radical (unpaired) electrons. The molecule has 7 heteroatoms. The number of carbonyl (C=O) groups is 2. The van der Waals surface area contributed by atoms with Crippen molar-refractivity contribution < 1.29 is 9.59 Å². The van der Waals surface area contributed by atoms with E-state index in [0.29, 0.717) is 17.8 Å². The van der Waals surface area contributed by atoms with Gasteiger partial charge in [0.2, 0.25) is 0 Å². The van der Waals surface area contributed by atoms with Gasteiger partial charge in [0.25, 0.3) is 11.7 Å². The highest BCUT2D eigenvalue weighted by atomic mass is 79.9. The molecule has 0 spiro atoms. The van der Waals surface area contributed by atoms with Gasteiger partial charge in [-0.15, -0.1) is 0 Å². The Kier molecular flexibility index (Phi) is 3.29. The Bertz CT molecular complexity index is 753. The Morgan fingerprint density at radius 1 is 1.38 bits per heavy atom. The third kappa shape index (κ3) is 2.44. The van der Waals surface area contributed by atoms with E-state index >= 15 is 0 Å². The van der Waals surface area contributed by atoms with Crippen LogP contribution in [0.2, 0.25) is 0 Å². The van der Waals surface area contributed by atoms with Gasteiger partial charge in [0.05, 0.1) is 23.1 Å². The highest BCUT2D eigenvalue weighted by Crippen LogP contribution is 2.35. The molecule has 1 aromatic carbocycles. The van der Waals surface area contributed by atoms with Gasteiger partial charge in [-0.1, -0.05) is 0 Å². The van der Waals surface area contributed by atoms with Crippen molar-refractivity contribution in [2.75, 3.05) is 17.3 Å². The number of aryl methyl sites for hydroxylation is 1. The Labute approximate surface area is 129 Å². The number of hydrogen-bond acceptors (Lipinski definition) is 4. The van der Waals surface area contributed by atoms with Gasteiger partial charge >= 0.3 is 0 Å². The lowest BCUT2D eigenvalue weighted by molar-refractivity contribution is -0.112. The maximum atomic E-state index is 11.7. The van der Waals surface area contributed by atoms with E-state index in [1.807, 2.05) is 31.4 Å². The lowest BCUT2D eigenvalue weighted by Crippen LogP contribution is -2.16. The van der Waals surface area contributed by atoms with Crippen molar-refractivity contribution in [3.8, 4) is 0 Å². The van der Waals surface area contributed by atoms with E-state index < -0.39 is 11.7 Å². The SMILES string of the molecule is CN(Cc1cnn(C)c1)c1cc2c(cc1Br)C(=O)C(=O)N2. The molecule has 0 fully saturated rings. The number of ketones is 1. The van der Waals surface area contributed by atoms with Crippen molar-refractivity contribution in [2.45, 2.75) is 6.54 Å². The summed E-state index contributed by atoms with van der Waals surface area (Å²) in [5, 5.41) is 6.73. The molecule has 0 atom stereocenters. The zero-order valence-electron chi connectivity index (χ0n) is 11.6. The molecule has 3 rings (SSSR count). The van der Waals surface area contributed by atoms with Gasteiger partial charge in [-0.3, -0.25) is 14.3 Å². The molecular formula is C14H13BrN4O2. The van der Waals surface area contributed by atoms with Crippen molar-refractivity contribution in [3.63, 3.8) is 0 Å². The minimum Gasteiger partial charge on any atom is -0.369 e. The van der Waals surface area contributed by atoms with Gasteiger partial charge < -0.3 is 10.2 Å². The maximum absolute atomic E-state index is 11.7. The lowest BCUT2D eigenvalue weighted by Gasteiger charge is -2.20. The number of carbonyl (C=O) groups excluding carboxylic acids is 2. The Morgan fingerprint density at radius 2 is 2.14 bits per heavy atom. The van der Waals surface area contributed by atoms with E-state index in [0.717, 1.165) is 15.7 Å². The number of amides is 1. The minimum atomic E-state index is -0.580. The Morgan fingerprint density at radius 3 is 2.81 bits per heavy atom. The molecule has 1 N–H and O–H groups in total. The summed E-state index contributed by atoms with van der Waals surface area (Å²) in [7, 11) is 3.81. The van der Waals surface area contributed by atoms with Crippen LogP contribution in [0.15, 0.2) is 29.0 Å². The standard InChI is InChI=1S/C14H13BrN4O2/c1-18(6-8-5-16-19(2)7-8)12-4-11-9(3-10(12)15)13(20)14(21)17-11/h3-5,7H,6H2,1-2H3,(H,17,20,21). The Balaban J connectivity index is 1.91. The average Bonchev–Trinajstić information content (AvgIpc) is 2.95. The van der Waals surface area contributed by atoms with Crippen LogP contribution in [0.4, 0.5) is 11.4 Å². The molecule has 0 aliphatic carbocycles. The number of anilines is 2. The van der Waals surface area contributed by atoms with Crippen LogP contribution in [0.1, 0.15) is 15.9 Å². The second kappa shape index (κ2) is 5.00. The normalized spacial score (nSPS) is 13.3. The van der Waals surface area contributed by atoms with Crippen LogP contribution in [0.25, 0.3) is 0 Å². The molecule has 2 aromatic rings. The van der Waals surface area contributed by atoms with E-state index in [4.69, 9.17) is 0 Å². The van der Waals surface area contributed by atoms with Crippen LogP contribution in [-0.2, 0) is 18.4 Å². The quantitative estimate of drug-likeness (QED) is 0.861. The van der Waals surface area contributed by atoms with E-state index in [2.05, 4.69) is 26.3 Å². The third-order valence-electron chi connectivity index (χ3n) is 3.38. The molecule has 0 saturated heterocycles. The largest absolute Gasteiger partial charge is 0.369 e. The first-order chi connectivity index (χ1) is 9.95. The number of nitrogens with one attached hydrogen (secondary N) is 1. The van der Waals surface area contributed by atoms with E-state index in [-0.39, 0.29) is 0 Å². The first kappa shape index (κ1) is 13.8. The molecule has 0 unspecified atom stereocenters. The van der Waals surface area contributed by atoms with Crippen LogP contribution >= 0.6 is 15.9 Å². The number of nitrogens with zero attached hydrogens (tertiary/aromatic N) is 3. The van der Waals surface area contributed by atoms with Crippen molar-refractivity contribution in [1.82, 2.24) is 9.78 Å². The highest BCUT2D eigenvalue weighted by Gasteiger charge is 2.29. The minimum absolute atomic E-state index is 0.408. The van der Waals surface area contributed by atoms with Gasteiger partial charge in [0.15, 0.2) is 0 Å². The number of aromatic nitrogens is 2. The molecule has 0 saturated carbocycles. The predicted octanol–water partition coefficient (Wildman–Crippen LogP) is 1.95. The monoisotopic (exact) mass is 348 g/mol. The summed E-state index contributed by atoms with van der Waals surface area (Å²) >= 11 is 3.46. The first-order valence-corrected chi connectivity index (χ1v) is 7.13. The fourth-order valence-corrected chi connectivity index (χ4v) is 3.01. The predicted molar refractivity (Wildman–Crippen MR) is 82.4 cm³/mol. The smallest absolute Gasteiger partial charge is 0.296 e. The third-order valence-corrected chi connectivity index (χ3v) is 4.01. The van der Waals surface area contributed by atoms with E-state index in [1.165, 1.54) is 0 Å². The van der Waals surface area contributed by atoms with Gasteiger partial charge in [-0.05, 0) is 28.1 Å². The maximum Gasteiger partial charge on any atom is 0.296 e. The Hall–Kier alpha value is -2.15. The van der Waals surface area contributed by atoms with Crippen molar-refractivity contribution in [2.24, 2.45) is 7.05 Å². The topological polar surface area (TPSA) is 67.2 Å². The molecule has 1 aliphatic rings. The molecule has 6 nitrogen and oxygen atoms in total. The molecule has 1 amide bonds. The van der Waals surface area contributed by atoms with Crippen molar-refractivity contribution in [3.05, 3.63) is 40.1 Å². The van der Waals surface area contributed by atoms with Crippen LogP contribution in [-0.4, -0.2) is 28.5 Å². The van der Waals surface area contributed by atoms with Gasteiger partial charge in [-0.2, -0.15) is 5.10 Å². The second-order valence-electron chi connectivity index (χ2n) is 5.01. The van der Waals surface area contributed by atoms with Crippen molar-refractivity contribution in [1.29, 1.82) is 0 Å². The number of rotatable bonds is 3. The number of benzene rings is 1. The summed E-state index contributed by atoms with van der Waals surface area (Å²) in [6.45, 7) is 0.674. The van der Waals surface area contributed by atoms with E-state index in [1.54, 1.807) is 16.8 Å². The number of fused-ring (bicyclic) bond motifs is 1. The summed E-state index contributed by atoms with van der Waals surface area (Å²) in [5.74, 6) is -1.07. The summed E-state index contributed by atoms with van der Waals surface area (Å²) in [5.41, 5.74) is 2.94. The lowest BCUT2D eigenvalue weighted by atomic mass is 10.1. The number of halogens is 1. The molecular weight excluding hydrogens is 336 g/mol. The van der Waals surface area contributed by atoms with Crippen molar-refractivity contribution >= 4 is 39.0 Å². The molecule has 0 bridgehead atoms. The molecule has 108 valence electrons.